The number of fused-ring (bicyclic) bond motifs is 1. The summed E-state index contributed by atoms with van der Waals surface area (Å²) in [6, 6.07) is 15.6. The Balaban J connectivity index is 1.66. The Bertz CT molecular complexity index is 1410. The van der Waals surface area contributed by atoms with Crippen LogP contribution >= 0.6 is 23.2 Å². The van der Waals surface area contributed by atoms with Gasteiger partial charge < -0.3 is 9.52 Å². The number of hydrogen-bond donors (Lipinski definition) is 1. The molecule has 8 heteroatoms. The third-order valence-corrected chi connectivity index (χ3v) is 5.73. The Labute approximate surface area is 192 Å². The van der Waals surface area contributed by atoms with E-state index < -0.39 is 23.5 Å². The van der Waals surface area contributed by atoms with Gasteiger partial charge in [0, 0.05) is 33.5 Å². The predicted molar refractivity (Wildman–Crippen MR) is 121 cm³/mol. The molecule has 158 valence electrons. The van der Waals surface area contributed by atoms with E-state index in [-0.39, 0.29) is 11.3 Å². The van der Waals surface area contributed by atoms with Crippen molar-refractivity contribution in [1.29, 1.82) is 0 Å². The van der Waals surface area contributed by atoms with Crippen LogP contribution in [0.25, 0.3) is 11.0 Å². The Hall–Kier alpha value is -3.61. The van der Waals surface area contributed by atoms with Gasteiger partial charge in [-0.25, -0.2) is 0 Å². The molecule has 4 aromatic rings. The van der Waals surface area contributed by atoms with Crippen LogP contribution in [0, 0.1) is 0 Å². The van der Waals surface area contributed by atoms with Crippen molar-refractivity contribution in [3.05, 3.63) is 106 Å². The summed E-state index contributed by atoms with van der Waals surface area (Å²) < 4.78 is 5.71. The molecule has 1 unspecified atom stereocenters. The highest BCUT2D eigenvalue weighted by molar-refractivity contribution is 6.31. The number of aliphatic hydroxyl groups excluding tert-OH is 1. The van der Waals surface area contributed by atoms with Crippen LogP contribution in [0.1, 0.15) is 22.2 Å². The Morgan fingerprint density at radius 2 is 1.75 bits per heavy atom. The lowest BCUT2D eigenvalue weighted by Gasteiger charge is -2.26. The number of benzene rings is 2. The topological polar surface area (TPSA) is 83.6 Å². The SMILES string of the molecule is O=C(C1=C(O)C(=O)N(c2cccc(Cl)c2)C1c1ccncc1)c1cc2cc(Cl)ccc2o1. The quantitative estimate of drug-likeness (QED) is 0.379. The van der Waals surface area contributed by atoms with Gasteiger partial charge in [-0.15, -0.1) is 0 Å². The average Bonchev–Trinajstić information content (AvgIpc) is 3.32. The van der Waals surface area contributed by atoms with Crippen LogP contribution in [0.3, 0.4) is 0 Å². The van der Waals surface area contributed by atoms with E-state index in [1.807, 2.05) is 0 Å². The van der Waals surface area contributed by atoms with Crippen LogP contribution in [0.4, 0.5) is 5.69 Å². The summed E-state index contributed by atoms with van der Waals surface area (Å²) in [6.45, 7) is 0. The zero-order valence-corrected chi connectivity index (χ0v) is 17.8. The van der Waals surface area contributed by atoms with Crippen molar-refractivity contribution >= 4 is 51.5 Å². The first-order chi connectivity index (χ1) is 15.4. The van der Waals surface area contributed by atoms with Crippen molar-refractivity contribution < 1.29 is 19.1 Å². The van der Waals surface area contributed by atoms with E-state index in [1.54, 1.807) is 73.1 Å². The lowest BCUT2D eigenvalue weighted by atomic mass is 9.95. The Morgan fingerprint density at radius 3 is 2.50 bits per heavy atom. The number of amides is 1. The van der Waals surface area contributed by atoms with E-state index in [1.165, 1.54) is 4.90 Å². The van der Waals surface area contributed by atoms with Gasteiger partial charge in [0.2, 0.25) is 5.78 Å². The number of rotatable bonds is 4. The number of hydrogen-bond acceptors (Lipinski definition) is 5. The highest BCUT2D eigenvalue weighted by Gasteiger charge is 2.45. The van der Waals surface area contributed by atoms with E-state index in [9.17, 15) is 14.7 Å². The summed E-state index contributed by atoms with van der Waals surface area (Å²) in [5, 5.41) is 12.3. The Kier molecular flexibility index (Phi) is 4.96. The number of nitrogens with zero attached hydrogens (tertiary/aromatic N) is 2. The van der Waals surface area contributed by atoms with Gasteiger partial charge in [-0.3, -0.25) is 19.5 Å². The van der Waals surface area contributed by atoms with Gasteiger partial charge in [0.25, 0.3) is 5.91 Å². The molecule has 2 aromatic carbocycles. The molecule has 1 aliphatic heterocycles. The number of carbonyl (C=O) groups excluding carboxylic acids is 2. The monoisotopic (exact) mass is 464 g/mol. The summed E-state index contributed by atoms with van der Waals surface area (Å²) >= 11 is 12.2. The lowest BCUT2D eigenvalue weighted by Crippen LogP contribution is -2.31. The fourth-order valence-electron chi connectivity index (χ4n) is 3.85. The van der Waals surface area contributed by atoms with Gasteiger partial charge in [0.1, 0.15) is 5.58 Å². The fraction of sp³-hybridized carbons (Fsp3) is 0.0417. The summed E-state index contributed by atoms with van der Waals surface area (Å²) in [7, 11) is 0. The van der Waals surface area contributed by atoms with Crippen molar-refractivity contribution in [2.75, 3.05) is 4.90 Å². The van der Waals surface area contributed by atoms with Crippen molar-refractivity contribution in [2.24, 2.45) is 0 Å². The van der Waals surface area contributed by atoms with Gasteiger partial charge >= 0.3 is 0 Å². The molecule has 0 bridgehead atoms. The smallest absolute Gasteiger partial charge is 0.294 e. The third kappa shape index (κ3) is 3.34. The molecule has 5 rings (SSSR count). The van der Waals surface area contributed by atoms with E-state index in [0.29, 0.717) is 32.3 Å². The molecule has 0 aliphatic carbocycles. The van der Waals surface area contributed by atoms with Crippen molar-refractivity contribution in [2.45, 2.75) is 6.04 Å². The molecule has 1 aliphatic rings. The predicted octanol–water partition coefficient (Wildman–Crippen LogP) is 5.92. The van der Waals surface area contributed by atoms with Gasteiger partial charge in [-0.1, -0.05) is 29.3 Å². The average molecular weight is 465 g/mol. The number of anilines is 1. The standard InChI is InChI=1S/C24H14Cl2N2O4/c25-15-2-1-3-17(12-15)28-21(13-6-8-27-9-7-13)20(23(30)24(28)31)22(29)19-11-14-10-16(26)4-5-18(14)32-19/h1-12,21,30H. The summed E-state index contributed by atoms with van der Waals surface area (Å²) in [4.78, 5) is 32.0. The number of pyridine rings is 1. The van der Waals surface area contributed by atoms with Gasteiger partial charge in [0.15, 0.2) is 11.5 Å². The molecule has 32 heavy (non-hydrogen) atoms. The Morgan fingerprint density at radius 1 is 1.00 bits per heavy atom. The minimum atomic E-state index is -0.895. The van der Waals surface area contributed by atoms with Crippen LogP contribution in [0.15, 0.2) is 88.8 Å². The third-order valence-electron chi connectivity index (χ3n) is 5.26. The van der Waals surface area contributed by atoms with E-state index in [4.69, 9.17) is 27.6 Å². The maximum Gasteiger partial charge on any atom is 0.294 e. The zero-order valence-electron chi connectivity index (χ0n) is 16.3. The van der Waals surface area contributed by atoms with Crippen LogP contribution in [-0.4, -0.2) is 21.8 Å². The first-order valence-corrected chi connectivity index (χ1v) is 10.4. The van der Waals surface area contributed by atoms with Crippen LogP contribution < -0.4 is 4.90 Å². The minimum absolute atomic E-state index is 0.0105. The summed E-state index contributed by atoms with van der Waals surface area (Å²) in [5.41, 5.74) is 1.41. The van der Waals surface area contributed by atoms with E-state index in [2.05, 4.69) is 4.98 Å². The van der Waals surface area contributed by atoms with Crippen molar-refractivity contribution in [3.63, 3.8) is 0 Å². The summed E-state index contributed by atoms with van der Waals surface area (Å²) in [6.07, 6.45) is 3.10. The van der Waals surface area contributed by atoms with E-state index in [0.717, 1.165) is 0 Å². The fourth-order valence-corrected chi connectivity index (χ4v) is 4.21. The normalized spacial score (nSPS) is 16.2. The zero-order chi connectivity index (χ0) is 22.4. The molecule has 2 aromatic heterocycles. The maximum atomic E-state index is 13.5. The number of carbonyl (C=O) groups is 2. The van der Waals surface area contributed by atoms with Gasteiger partial charge in [0.05, 0.1) is 11.6 Å². The molecule has 0 saturated heterocycles. The molecule has 6 nitrogen and oxygen atoms in total. The molecular weight excluding hydrogens is 451 g/mol. The highest BCUT2D eigenvalue weighted by atomic mass is 35.5. The molecule has 0 radical (unpaired) electrons. The molecular formula is C24H14Cl2N2O4. The second-order valence-corrected chi connectivity index (χ2v) is 8.10. The van der Waals surface area contributed by atoms with E-state index >= 15 is 0 Å². The van der Waals surface area contributed by atoms with Gasteiger partial charge in [-0.2, -0.15) is 0 Å². The molecule has 0 spiro atoms. The number of aliphatic hydroxyl groups is 1. The molecule has 1 atom stereocenters. The number of ketones is 1. The molecule has 3 heterocycles. The van der Waals surface area contributed by atoms with Gasteiger partial charge in [-0.05, 0) is 60.2 Å². The molecule has 1 amide bonds. The maximum absolute atomic E-state index is 13.5. The molecule has 0 fully saturated rings. The van der Waals surface area contributed by atoms with Crippen LogP contribution in [-0.2, 0) is 4.79 Å². The summed E-state index contributed by atoms with van der Waals surface area (Å²) in [5.74, 6) is -1.97. The first-order valence-electron chi connectivity index (χ1n) is 9.60. The van der Waals surface area contributed by atoms with Crippen LogP contribution in [0.5, 0.6) is 0 Å². The first kappa shape index (κ1) is 20.3. The molecule has 0 saturated carbocycles. The largest absolute Gasteiger partial charge is 0.503 e. The lowest BCUT2D eigenvalue weighted by molar-refractivity contribution is -0.117. The van der Waals surface area contributed by atoms with Crippen LogP contribution in [0.2, 0.25) is 10.0 Å². The minimum Gasteiger partial charge on any atom is -0.503 e. The second kappa shape index (κ2) is 7.82. The number of halogens is 2. The number of aromatic nitrogens is 1. The molecule has 1 N–H and O–H groups in total. The highest BCUT2D eigenvalue weighted by Crippen LogP contribution is 2.42. The number of Topliss-reactive ketones (excluding diaryl/α,β-unsaturated/α-hetero) is 1. The van der Waals surface area contributed by atoms with Crippen molar-refractivity contribution in [1.82, 2.24) is 4.98 Å². The second-order valence-electron chi connectivity index (χ2n) is 7.22. The number of furan rings is 1. The van der Waals surface area contributed by atoms with Crippen molar-refractivity contribution in [3.8, 4) is 0 Å².